The highest BCUT2D eigenvalue weighted by Crippen LogP contribution is 2.35. The molecule has 2 aromatic rings. The molecule has 4 heteroatoms. The van der Waals surface area contributed by atoms with Gasteiger partial charge in [-0.15, -0.1) is 0 Å². The van der Waals surface area contributed by atoms with E-state index in [0.29, 0.717) is 5.92 Å². The summed E-state index contributed by atoms with van der Waals surface area (Å²) in [7, 11) is 0. The zero-order valence-electron chi connectivity index (χ0n) is 8.57. The molecule has 2 heterocycles. The van der Waals surface area contributed by atoms with Crippen molar-refractivity contribution >= 4 is 11.2 Å². The van der Waals surface area contributed by atoms with Crippen LogP contribution in [0.4, 0.5) is 0 Å². The molecule has 1 fully saturated rings. The number of aromatic nitrogens is 3. The lowest BCUT2D eigenvalue weighted by Gasteiger charge is -2.29. The van der Waals surface area contributed by atoms with Crippen molar-refractivity contribution in [1.82, 2.24) is 15.0 Å². The number of aryl methyl sites for hydroxylation is 1. The van der Waals surface area contributed by atoms with Gasteiger partial charge in [-0.05, 0) is 31.4 Å². The quantitative estimate of drug-likeness (QED) is 0.738. The van der Waals surface area contributed by atoms with Gasteiger partial charge in [-0.1, -0.05) is 0 Å². The van der Waals surface area contributed by atoms with Crippen molar-refractivity contribution in [2.24, 2.45) is 0 Å². The van der Waals surface area contributed by atoms with E-state index in [0.717, 1.165) is 29.8 Å². The third-order valence-corrected chi connectivity index (χ3v) is 3.12. The van der Waals surface area contributed by atoms with E-state index in [-0.39, 0.29) is 6.10 Å². The van der Waals surface area contributed by atoms with Gasteiger partial charge in [0.15, 0.2) is 5.65 Å². The van der Waals surface area contributed by atoms with Crippen molar-refractivity contribution in [3.05, 3.63) is 23.7 Å². The number of pyridine rings is 1. The van der Waals surface area contributed by atoms with E-state index >= 15 is 0 Å². The van der Waals surface area contributed by atoms with Crippen LogP contribution in [0.2, 0.25) is 0 Å². The average molecular weight is 203 g/mol. The molecule has 78 valence electrons. The van der Waals surface area contributed by atoms with Crippen LogP contribution in [0.15, 0.2) is 12.3 Å². The molecule has 0 spiro atoms. The number of hydrogen-bond acceptors (Lipinski definition) is 3. The van der Waals surface area contributed by atoms with Crippen LogP contribution in [0.1, 0.15) is 30.1 Å². The second-order valence-electron chi connectivity index (χ2n) is 4.27. The summed E-state index contributed by atoms with van der Waals surface area (Å²) >= 11 is 0. The number of rotatable bonds is 1. The number of H-pyrrole nitrogens is 1. The second kappa shape index (κ2) is 3.03. The number of imidazole rings is 1. The Morgan fingerprint density at radius 1 is 1.47 bits per heavy atom. The van der Waals surface area contributed by atoms with Crippen LogP contribution in [0.3, 0.4) is 0 Å². The minimum absolute atomic E-state index is 0.141. The maximum absolute atomic E-state index is 9.25. The Hall–Kier alpha value is -1.42. The van der Waals surface area contributed by atoms with Crippen LogP contribution < -0.4 is 0 Å². The molecular formula is C11H13N3O. The molecule has 1 aliphatic carbocycles. The highest BCUT2D eigenvalue weighted by Gasteiger charge is 2.31. The van der Waals surface area contributed by atoms with Crippen molar-refractivity contribution < 1.29 is 5.11 Å². The van der Waals surface area contributed by atoms with E-state index < -0.39 is 0 Å². The predicted molar refractivity (Wildman–Crippen MR) is 56.6 cm³/mol. The van der Waals surface area contributed by atoms with Crippen molar-refractivity contribution in [3.8, 4) is 0 Å². The Labute approximate surface area is 87.4 Å². The van der Waals surface area contributed by atoms with Gasteiger partial charge in [-0.2, -0.15) is 0 Å². The Morgan fingerprint density at radius 3 is 2.93 bits per heavy atom. The first-order chi connectivity index (χ1) is 7.24. The molecule has 0 unspecified atom stereocenters. The molecule has 2 N–H and O–H groups in total. The number of hydrogen-bond donors (Lipinski definition) is 2. The van der Waals surface area contributed by atoms with Crippen molar-refractivity contribution in [2.45, 2.75) is 31.8 Å². The Morgan fingerprint density at radius 2 is 2.27 bits per heavy atom. The predicted octanol–water partition coefficient (Wildman–Crippen LogP) is 1.50. The normalized spacial score (nSPS) is 25.5. The van der Waals surface area contributed by atoms with Gasteiger partial charge in [-0.3, -0.25) is 0 Å². The summed E-state index contributed by atoms with van der Waals surface area (Å²) in [6.07, 6.45) is 3.27. The lowest BCUT2D eigenvalue weighted by atomic mass is 9.82. The number of aliphatic hydroxyl groups is 1. The highest BCUT2D eigenvalue weighted by atomic mass is 16.3. The van der Waals surface area contributed by atoms with Crippen LogP contribution in [0.25, 0.3) is 11.2 Å². The van der Waals surface area contributed by atoms with Crippen molar-refractivity contribution in [3.63, 3.8) is 0 Å². The first kappa shape index (κ1) is 8.85. The third-order valence-electron chi connectivity index (χ3n) is 3.12. The maximum atomic E-state index is 9.25. The molecule has 3 rings (SSSR count). The summed E-state index contributed by atoms with van der Waals surface area (Å²) in [6, 6.07) is 1.97. The number of aromatic amines is 1. The van der Waals surface area contributed by atoms with E-state index in [4.69, 9.17) is 0 Å². The number of aliphatic hydroxyl groups excluding tert-OH is 1. The molecule has 0 bridgehead atoms. The van der Waals surface area contributed by atoms with Gasteiger partial charge in [-0.25, -0.2) is 9.97 Å². The van der Waals surface area contributed by atoms with E-state index in [9.17, 15) is 5.11 Å². The number of fused-ring (bicyclic) bond motifs is 1. The monoisotopic (exact) mass is 203 g/mol. The van der Waals surface area contributed by atoms with Gasteiger partial charge in [0, 0.05) is 12.1 Å². The highest BCUT2D eigenvalue weighted by molar-refractivity contribution is 5.74. The second-order valence-corrected chi connectivity index (χ2v) is 4.27. The van der Waals surface area contributed by atoms with Gasteiger partial charge >= 0.3 is 0 Å². The maximum Gasteiger partial charge on any atom is 0.177 e. The van der Waals surface area contributed by atoms with E-state index in [1.54, 1.807) is 6.20 Å². The van der Waals surface area contributed by atoms with E-state index in [1.165, 1.54) is 5.56 Å². The minimum atomic E-state index is -0.141. The largest absolute Gasteiger partial charge is 0.393 e. The van der Waals surface area contributed by atoms with Gasteiger partial charge in [0.05, 0.1) is 11.6 Å². The van der Waals surface area contributed by atoms with Crippen LogP contribution in [0.5, 0.6) is 0 Å². The summed E-state index contributed by atoms with van der Waals surface area (Å²) in [5, 5.41) is 9.25. The Balaban J connectivity index is 2.03. The van der Waals surface area contributed by atoms with Gasteiger partial charge in [0.25, 0.3) is 0 Å². The van der Waals surface area contributed by atoms with Crippen LogP contribution in [-0.4, -0.2) is 26.2 Å². The molecule has 1 saturated carbocycles. The molecule has 0 radical (unpaired) electrons. The summed E-state index contributed by atoms with van der Waals surface area (Å²) in [5.41, 5.74) is 2.97. The van der Waals surface area contributed by atoms with Gasteiger partial charge in [0.1, 0.15) is 5.82 Å². The first-order valence-electron chi connectivity index (χ1n) is 5.23. The lowest BCUT2D eigenvalue weighted by molar-refractivity contribution is 0.0720. The summed E-state index contributed by atoms with van der Waals surface area (Å²) in [5.74, 6) is 1.35. The van der Waals surface area contributed by atoms with Crippen LogP contribution in [-0.2, 0) is 0 Å². The van der Waals surface area contributed by atoms with E-state index in [1.807, 2.05) is 13.0 Å². The summed E-state index contributed by atoms with van der Waals surface area (Å²) in [4.78, 5) is 12.0. The molecule has 4 nitrogen and oxygen atoms in total. The molecule has 15 heavy (non-hydrogen) atoms. The molecule has 0 atom stereocenters. The fourth-order valence-corrected chi connectivity index (χ4v) is 2.06. The van der Waals surface area contributed by atoms with Crippen LogP contribution in [0, 0.1) is 6.92 Å². The molecule has 2 aromatic heterocycles. The molecule has 0 aromatic carbocycles. The number of nitrogens with zero attached hydrogens (tertiary/aromatic N) is 2. The minimum Gasteiger partial charge on any atom is -0.393 e. The Bertz CT molecular complexity index is 500. The molecule has 0 aliphatic heterocycles. The molecule has 0 amide bonds. The average Bonchev–Trinajstić information content (AvgIpc) is 2.58. The molecule has 1 aliphatic rings. The summed E-state index contributed by atoms with van der Waals surface area (Å²) in [6.45, 7) is 2.04. The standard InChI is InChI=1S/C11H13N3O/c1-6-2-3-12-11-9(6)13-10(14-11)7-4-8(15)5-7/h2-3,7-8,15H,4-5H2,1H3,(H,12,13,14). The summed E-state index contributed by atoms with van der Waals surface area (Å²) < 4.78 is 0. The fourth-order valence-electron chi connectivity index (χ4n) is 2.06. The lowest BCUT2D eigenvalue weighted by Crippen LogP contribution is -2.27. The van der Waals surface area contributed by atoms with Crippen molar-refractivity contribution in [1.29, 1.82) is 0 Å². The van der Waals surface area contributed by atoms with E-state index in [2.05, 4.69) is 15.0 Å². The zero-order chi connectivity index (χ0) is 10.4. The smallest absolute Gasteiger partial charge is 0.177 e. The zero-order valence-corrected chi connectivity index (χ0v) is 8.57. The topological polar surface area (TPSA) is 61.8 Å². The van der Waals surface area contributed by atoms with Gasteiger partial charge < -0.3 is 10.1 Å². The first-order valence-corrected chi connectivity index (χ1v) is 5.23. The van der Waals surface area contributed by atoms with Crippen LogP contribution >= 0.6 is 0 Å². The number of nitrogens with one attached hydrogen (secondary N) is 1. The van der Waals surface area contributed by atoms with Crippen molar-refractivity contribution in [2.75, 3.05) is 0 Å². The third kappa shape index (κ3) is 1.33. The SMILES string of the molecule is Cc1ccnc2nc(C3CC(O)C3)[nH]c12. The fraction of sp³-hybridized carbons (Fsp3) is 0.455. The Kier molecular flexibility index (Phi) is 1.79. The van der Waals surface area contributed by atoms with Gasteiger partial charge in [0.2, 0.25) is 0 Å². The molecule has 0 saturated heterocycles. The molecular weight excluding hydrogens is 190 g/mol.